The molecule has 5 heteroatoms. The third-order valence-electron chi connectivity index (χ3n) is 4.25. The molecule has 1 fully saturated rings. The molecule has 0 radical (unpaired) electrons. The van der Waals surface area contributed by atoms with Gasteiger partial charge in [-0.15, -0.1) is 0 Å². The minimum Gasteiger partial charge on any atom is -0.446 e. The van der Waals surface area contributed by atoms with Gasteiger partial charge in [0.15, 0.2) is 0 Å². The molecule has 1 saturated carbocycles. The van der Waals surface area contributed by atoms with Crippen molar-refractivity contribution in [1.82, 2.24) is 9.47 Å². The highest BCUT2D eigenvalue weighted by Gasteiger charge is 2.22. The molecule has 1 heterocycles. The number of aromatic nitrogens is 1. The Balaban J connectivity index is 1.74. The van der Waals surface area contributed by atoms with Gasteiger partial charge in [0.25, 0.3) is 0 Å². The number of benzene rings is 1. The first-order valence-electron chi connectivity index (χ1n) is 8.58. The van der Waals surface area contributed by atoms with Crippen molar-refractivity contribution in [2.45, 2.75) is 32.3 Å². The first kappa shape index (κ1) is 17.0. The van der Waals surface area contributed by atoms with E-state index in [-0.39, 0.29) is 6.09 Å². The largest absolute Gasteiger partial charge is 0.446 e. The van der Waals surface area contributed by atoms with Crippen LogP contribution in [0.25, 0.3) is 10.9 Å². The molecule has 2 aromatic rings. The Kier molecular flexibility index (Phi) is 5.21. The van der Waals surface area contributed by atoms with Gasteiger partial charge in [-0.1, -0.05) is 11.6 Å². The van der Waals surface area contributed by atoms with Gasteiger partial charge >= 0.3 is 6.09 Å². The molecule has 0 bridgehead atoms. The Bertz CT molecular complexity index is 717. The first-order chi connectivity index (χ1) is 11.5. The molecule has 1 aliphatic rings. The van der Waals surface area contributed by atoms with Crippen molar-refractivity contribution < 1.29 is 14.3 Å². The van der Waals surface area contributed by atoms with Crippen molar-refractivity contribution >= 4 is 17.0 Å². The molecule has 0 aliphatic heterocycles. The second-order valence-corrected chi connectivity index (χ2v) is 6.78. The molecule has 130 valence electrons. The van der Waals surface area contributed by atoms with Gasteiger partial charge in [0.1, 0.15) is 6.61 Å². The monoisotopic (exact) mass is 330 g/mol. The molecule has 0 unspecified atom stereocenters. The highest BCUT2D eigenvalue weighted by atomic mass is 16.6. The summed E-state index contributed by atoms with van der Waals surface area (Å²) in [6.45, 7) is 3.79. The Morgan fingerprint density at radius 3 is 2.79 bits per heavy atom. The zero-order chi connectivity index (χ0) is 17.1. The first-order valence-corrected chi connectivity index (χ1v) is 8.58. The third kappa shape index (κ3) is 4.16. The zero-order valence-corrected chi connectivity index (χ0v) is 14.7. The van der Waals surface area contributed by atoms with E-state index in [1.807, 2.05) is 18.3 Å². The number of fused-ring (bicyclic) bond motifs is 1. The SMILES string of the molecule is Cc1ccc2c(c1)c(CCN(C)C)cn2C(=O)OCCOC1CC1. The maximum Gasteiger partial charge on any atom is 0.418 e. The summed E-state index contributed by atoms with van der Waals surface area (Å²) in [4.78, 5) is 14.6. The maximum absolute atomic E-state index is 12.4. The van der Waals surface area contributed by atoms with Gasteiger partial charge in [-0.25, -0.2) is 4.79 Å². The summed E-state index contributed by atoms with van der Waals surface area (Å²) in [6, 6.07) is 6.16. The van der Waals surface area contributed by atoms with E-state index in [1.165, 1.54) is 11.1 Å². The van der Waals surface area contributed by atoms with E-state index in [2.05, 4.69) is 32.0 Å². The molecule has 1 aromatic carbocycles. The molecule has 24 heavy (non-hydrogen) atoms. The van der Waals surface area contributed by atoms with Crippen LogP contribution in [0.4, 0.5) is 4.79 Å². The standard InChI is InChI=1S/C19H26N2O3/c1-14-4-7-18-17(12-14)15(8-9-20(2)3)13-21(18)19(22)24-11-10-23-16-5-6-16/h4,7,12-13,16H,5-6,8-11H2,1-3H3. The van der Waals surface area contributed by atoms with Crippen molar-refractivity contribution in [3.05, 3.63) is 35.5 Å². The Morgan fingerprint density at radius 2 is 2.08 bits per heavy atom. The van der Waals surface area contributed by atoms with Gasteiger partial charge in [0.05, 0.1) is 18.2 Å². The number of nitrogens with zero attached hydrogens (tertiary/aromatic N) is 2. The van der Waals surface area contributed by atoms with Crippen molar-refractivity contribution in [3.8, 4) is 0 Å². The third-order valence-corrected chi connectivity index (χ3v) is 4.25. The van der Waals surface area contributed by atoms with Crippen LogP contribution >= 0.6 is 0 Å². The van der Waals surface area contributed by atoms with E-state index < -0.39 is 0 Å². The molecular weight excluding hydrogens is 304 g/mol. The number of rotatable bonds is 7. The van der Waals surface area contributed by atoms with Crippen LogP contribution in [0.15, 0.2) is 24.4 Å². The van der Waals surface area contributed by atoms with E-state index in [9.17, 15) is 4.79 Å². The average Bonchev–Trinajstić information content (AvgIpc) is 3.30. The van der Waals surface area contributed by atoms with Gasteiger partial charge in [-0.05, 0) is 58.0 Å². The molecule has 3 rings (SSSR count). The van der Waals surface area contributed by atoms with Crippen LogP contribution < -0.4 is 0 Å². The van der Waals surface area contributed by atoms with Crippen LogP contribution in [0.5, 0.6) is 0 Å². The van der Waals surface area contributed by atoms with Crippen molar-refractivity contribution in [2.75, 3.05) is 33.9 Å². The second kappa shape index (κ2) is 7.36. The van der Waals surface area contributed by atoms with Crippen LogP contribution in [0, 0.1) is 6.92 Å². The Morgan fingerprint density at radius 1 is 1.29 bits per heavy atom. The van der Waals surface area contributed by atoms with Gasteiger partial charge in [0.2, 0.25) is 0 Å². The average molecular weight is 330 g/mol. The summed E-state index contributed by atoms with van der Waals surface area (Å²) < 4.78 is 12.5. The van der Waals surface area contributed by atoms with Gasteiger partial charge in [-0.2, -0.15) is 0 Å². The molecule has 0 saturated heterocycles. The second-order valence-electron chi connectivity index (χ2n) is 6.78. The highest BCUT2D eigenvalue weighted by molar-refractivity contribution is 5.92. The van der Waals surface area contributed by atoms with E-state index in [4.69, 9.17) is 9.47 Å². The van der Waals surface area contributed by atoms with E-state index in [0.29, 0.717) is 19.3 Å². The van der Waals surface area contributed by atoms with Crippen LogP contribution in [0.2, 0.25) is 0 Å². The summed E-state index contributed by atoms with van der Waals surface area (Å²) in [5, 5.41) is 1.13. The lowest BCUT2D eigenvalue weighted by Gasteiger charge is -2.08. The predicted octanol–water partition coefficient (Wildman–Crippen LogP) is 3.22. The molecular formula is C19H26N2O3. The minimum atomic E-state index is -0.334. The Hall–Kier alpha value is -1.85. The summed E-state index contributed by atoms with van der Waals surface area (Å²) in [5.41, 5.74) is 3.27. The molecule has 1 aromatic heterocycles. The molecule has 0 N–H and O–H groups in total. The van der Waals surface area contributed by atoms with Crippen LogP contribution in [0.3, 0.4) is 0 Å². The number of likely N-dealkylation sites (N-methyl/N-ethyl adjacent to an activating group) is 1. The molecule has 0 amide bonds. The molecule has 5 nitrogen and oxygen atoms in total. The number of ether oxygens (including phenoxy) is 2. The van der Waals surface area contributed by atoms with E-state index in [1.54, 1.807) is 4.57 Å². The number of hydrogen-bond acceptors (Lipinski definition) is 4. The fraction of sp³-hybridized carbons (Fsp3) is 0.526. The van der Waals surface area contributed by atoms with Gasteiger partial charge < -0.3 is 14.4 Å². The van der Waals surface area contributed by atoms with Crippen molar-refractivity contribution in [2.24, 2.45) is 0 Å². The lowest BCUT2D eigenvalue weighted by molar-refractivity contribution is 0.0650. The quantitative estimate of drug-likeness (QED) is 0.731. The zero-order valence-electron chi connectivity index (χ0n) is 14.7. The number of carbonyl (C=O) groups is 1. The maximum atomic E-state index is 12.4. The number of carbonyl (C=O) groups excluding carboxylic acids is 1. The summed E-state index contributed by atoms with van der Waals surface area (Å²) in [5.74, 6) is 0. The van der Waals surface area contributed by atoms with Crippen LogP contribution in [-0.2, 0) is 15.9 Å². The van der Waals surface area contributed by atoms with Crippen LogP contribution in [0.1, 0.15) is 24.0 Å². The molecule has 0 atom stereocenters. The fourth-order valence-electron chi connectivity index (χ4n) is 2.75. The van der Waals surface area contributed by atoms with E-state index in [0.717, 1.165) is 36.7 Å². The Labute approximate surface area is 143 Å². The number of aryl methyl sites for hydroxylation is 1. The molecule has 0 spiro atoms. The fourth-order valence-corrected chi connectivity index (χ4v) is 2.75. The van der Waals surface area contributed by atoms with Crippen molar-refractivity contribution in [1.29, 1.82) is 0 Å². The van der Waals surface area contributed by atoms with Gasteiger partial charge in [-0.3, -0.25) is 4.57 Å². The smallest absolute Gasteiger partial charge is 0.418 e. The van der Waals surface area contributed by atoms with E-state index >= 15 is 0 Å². The van der Waals surface area contributed by atoms with Crippen molar-refractivity contribution in [3.63, 3.8) is 0 Å². The number of hydrogen-bond donors (Lipinski definition) is 0. The predicted molar refractivity (Wildman–Crippen MR) is 94.7 cm³/mol. The summed E-state index contributed by atoms with van der Waals surface area (Å²) in [6.07, 6.45) is 5.13. The van der Waals surface area contributed by atoms with Gasteiger partial charge in [0, 0.05) is 18.1 Å². The summed E-state index contributed by atoms with van der Waals surface area (Å²) >= 11 is 0. The lowest BCUT2D eigenvalue weighted by Crippen LogP contribution is -2.16. The lowest BCUT2D eigenvalue weighted by atomic mass is 10.1. The topological polar surface area (TPSA) is 43.7 Å². The minimum absolute atomic E-state index is 0.300. The molecule has 1 aliphatic carbocycles. The summed E-state index contributed by atoms with van der Waals surface area (Å²) in [7, 11) is 4.11. The highest BCUT2D eigenvalue weighted by Crippen LogP contribution is 2.24. The normalized spacial score (nSPS) is 14.5. The van der Waals surface area contributed by atoms with Crippen LogP contribution in [-0.4, -0.2) is 55.5 Å².